The summed E-state index contributed by atoms with van der Waals surface area (Å²) < 4.78 is 28.2. The largest absolute Gasteiger partial charge is 0.479 e. The number of carbonyl (C=O) groups excluding carboxylic acids is 3. The molecule has 0 aliphatic carbocycles. The van der Waals surface area contributed by atoms with Gasteiger partial charge in [0.1, 0.15) is 18.8 Å². The van der Waals surface area contributed by atoms with E-state index in [1.807, 2.05) is 12.2 Å². The smallest absolute Gasteiger partial charge is 0.335 e. The Kier molecular flexibility index (Phi) is 44.4. The Morgan fingerprint density at radius 2 is 0.904 bits per heavy atom. The van der Waals surface area contributed by atoms with Crippen LogP contribution < -0.4 is 0 Å². The van der Waals surface area contributed by atoms with Crippen molar-refractivity contribution in [3.63, 3.8) is 0 Å². The molecule has 0 aromatic heterocycles. The molecule has 1 rings (SSSR count). The van der Waals surface area contributed by atoms with Gasteiger partial charge in [-0.3, -0.25) is 14.4 Å². The molecular formula is C61H98O12. The molecule has 0 bridgehead atoms. The van der Waals surface area contributed by atoms with Crippen molar-refractivity contribution in [2.45, 2.75) is 250 Å². The summed E-state index contributed by atoms with van der Waals surface area (Å²) in [6.07, 6.45) is 51.3. The molecule has 3 N–H and O–H groups in total. The fraction of sp³-hybridized carbons (Fsp3) is 0.672. The van der Waals surface area contributed by atoms with E-state index in [1.165, 1.54) is 64.2 Å². The number of carboxylic acid groups (broad SMARTS) is 1. The maximum atomic E-state index is 13.1. The van der Waals surface area contributed by atoms with Crippen LogP contribution in [0, 0.1) is 0 Å². The van der Waals surface area contributed by atoms with Gasteiger partial charge in [0.25, 0.3) is 0 Å². The van der Waals surface area contributed by atoms with Gasteiger partial charge in [0, 0.05) is 12.8 Å². The van der Waals surface area contributed by atoms with Gasteiger partial charge in [0.05, 0.1) is 13.0 Å². The van der Waals surface area contributed by atoms with Gasteiger partial charge >= 0.3 is 23.9 Å². The number of rotatable bonds is 46. The molecule has 0 radical (unpaired) electrons. The lowest BCUT2D eigenvalue weighted by atomic mass is 9.98. The summed E-state index contributed by atoms with van der Waals surface area (Å²) in [6, 6.07) is 0. The Morgan fingerprint density at radius 1 is 0.479 bits per heavy atom. The van der Waals surface area contributed by atoms with Crippen LogP contribution in [0.1, 0.15) is 213 Å². The first-order valence-electron chi connectivity index (χ1n) is 28.2. The first-order valence-corrected chi connectivity index (χ1v) is 28.2. The molecule has 1 aliphatic heterocycles. The van der Waals surface area contributed by atoms with E-state index in [0.717, 1.165) is 89.9 Å². The van der Waals surface area contributed by atoms with Crippen molar-refractivity contribution in [3.05, 3.63) is 97.2 Å². The highest BCUT2D eigenvalue weighted by atomic mass is 16.7. The Morgan fingerprint density at radius 3 is 1.38 bits per heavy atom. The van der Waals surface area contributed by atoms with E-state index in [0.29, 0.717) is 19.3 Å². The fourth-order valence-corrected chi connectivity index (χ4v) is 7.92. The second-order valence-corrected chi connectivity index (χ2v) is 18.8. The minimum Gasteiger partial charge on any atom is -0.479 e. The van der Waals surface area contributed by atoms with Crippen LogP contribution in [0.3, 0.4) is 0 Å². The lowest BCUT2D eigenvalue weighted by molar-refractivity contribution is -0.301. The third-order valence-electron chi connectivity index (χ3n) is 12.2. The van der Waals surface area contributed by atoms with Crippen LogP contribution >= 0.6 is 0 Å². The third-order valence-corrected chi connectivity index (χ3v) is 12.2. The number of ether oxygens (including phenoxy) is 5. The zero-order chi connectivity index (χ0) is 53.3. The number of aliphatic hydroxyl groups is 2. The highest BCUT2D eigenvalue weighted by Gasteiger charge is 2.50. The summed E-state index contributed by atoms with van der Waals surface area (Å²) in [6.45, 7) is 5.63. The molecule has 0 saturated carbocycles. The minimum absolute atomic E-state index is 0.0242. The number of allylic oxidation sites excluding steroid dienone is 15. The molecule has 12 heteroatoms. The Hall–Kier alpha value is -4.36. The predicted octanol–water partition coefficient (Wildman–Crippen LogP) is 14.1. The summed E-state index contributed by atoms with van der Waals surface area (Å²) in [4.78, 5) is 50.9. The molecule has 0 amide bonds. The second kappa shape index (κ2) is 48.6. The summed E-state index contributed by atoms with van der Waals surface area (Å²) in [7, 11) is 0. The molecule has 414 valence electrons. The first-order chi connectivity index (χ1) is 35.6. The summed E-state index contributed by atoms with van der Waals surface area (Å²) in [5.41, 5.74) is 0. The predicted molar refractivity (Wildman–Crippen MR) is 294 cm³/mol. The molecule has 0 spiro atoms. The molecule has 6 unspecified atom stereocenters. The SMILES string of the molecule is CC/C=C\C/C=C\C/C=C\C/C=C\C/C=C\CC(=O)OCC(COC1OC(C(=O)O)C(O)C(O)C1OC(=O)CCCCCCCCCCCCCCCCC)OC(=O)CCCCC/C=C\C/C=C\C/C=C\CC. The van der Waals surface area contributed by atoms with Crippen molar-refractivity contribution in [3.8, 4) is 0 Å². The fourth-order valence-electron chi connectivity index (χ4n) is 7.92. The first kappa shape index (κ1) is 66.7. The van der Waals surface area contributed by atoms with Gasteiger partial charge in [-0.25, -0.2) is 4.79 Å². The topological polar surface area (TPSA) is 175 Å². The number of unbranched alkanes of at least 4 members (excludes halogenated alkanes) is 17. The maximum Gasteiger partial charge on any atom is 0.335 e. The average Bonchev–Trinajstić information content (AvgIpc) is 3.37. The van der Waals surface area contributed by atoms with Gasteiger partial charge in [-0.1, -0.05) is 214 Å². The normalized spacial score (nSPS) is 19.1. The van der Waals surface area contributed by atoms with E-state index in [9.17, 15) is 34.5 Å². The van der Waals surface area contributed by atoms with E-state index in [-0.39, 0.29) is 25.9 Å². The maximum absolute atomic E-state index is 13.1. The Bertz CT molecular complexity index is 1640. The van der Waals surface area contributed by atoms with Crippen LogP contribution in [0.4, 0.5) is 0 Å². The second-order valence-electron chi connectivity index (χ2n) is 18.8. The van der Waals surface area contributed by atoms with Gasteiger partial charge in [-0.2, -0.15) is 0 Å². The van der Waals surface area contributed by atoms with Crippen LogP contribution in [0.2, 0.25) is 0 Å². The number of esters is 3. The zero-order valence-electron chi connectivity index (χ0n) is 45.3. The van der Waals surface area contributed by atoms with E-state index in [2.05, 4.69) is 99.8 Å². The molecule has 1 saturated heterocycles. The molecule has 1 aliphatic rings. The molecule has 6 atom stereocenters. The van der Waals surface area contributed by atoms with Crippen LogP contribution in [-0.2, 0) is 42.9 Å². The van der Waals surface area contributed by atoms with E-state index in [4.69, 9.17) is 23.7 Å². The number of hydrogen-bond donors (Lipinski definition) is 3. The van der Waals surface area contributed by atoms with Crippen LogP contribution in [0.5, 0.6) is 0 Å². The lowest BCUT2D eigenvalue weighted by Gasteiger charge is -2.40. The average molecular weight is 1020 g/mol. The monoisotopic (exact) mass is 1020 g/mol. The molecule has 0 aromatic carbocycles. The summed E-state index contributed by atoms with van der Waals surface area (Å²) in [5, 5.41) is 31.4. The van der Waals surface area contributed by atoms with Gasteiger partial charge < -0.3 is 39.0 Å². The lowest BCUT2D eigenvalue weighted by Crippen LogP contribution is -2.61. The summed E-state index contributed by atoms with van der Waals surface area (Å²) in [5.74, 6) is -3.33. The van der Waals surface area contributed by atoms with Crippen LogP contribution in [0.25, 0.3) is 0 Å². The van der Waals surface area contributed by atoms with Gasteiger partial charge in [-0.15, -0.1) is 0 Å². The van der Waals surface area contributed by atoms with Gasteiger partial charge in [0.15, 0.2) is 24.6 Å². The van der Waals surface area contributed by atoms with Crippen molar-refractivity contribution >= 4 is 23.9 Å². The number of aliphatic carboxylic acids is 1. The quantitative estimate of drug-likeness (QED) is 0.0228. The van der Waals surface area contributed by atoms with Crippen molar-refractivity contribution in [1.29, 1.82) is 0 Å². The van der Waals surface area contributed by atoms with Gasteiger partial charge in [0.2, 0.25) is 0 Å². The van der Waals surface area contributed by atoms with E-state index < -0.39 is 67.3 Å². The standard InChI is InChI=1S/C61H98O12/c1-4-7-10-13-16-19-22-25-27-30-32-35-38-41-44-47-53(62)69-50-52(71-54(63)48-45-42-39-36-33-29-24-21-18-15-12-9-6-3)51-70-61-59(57(66)56(65)58(73-61)60(67)68)72-55(64)49-46-43-40-37-34-31-28-26-23-20-17-14-11-8-5-2/h7,9-10,12,16,18-19,21,25,27,29,32-33,35,41,44,52,56-59,61,65-66H,4-6,8,11,13-15,17,20,22-24,26,28,30-31,34,36-40,42-43,45-51H2,1-3H3,(H,67,68)/b10-7-,12-9-,19-16-,21-18-,27-25-,33-29-,35-32-,44-41-. The zero-order valence-corrected chi connectivity index (χ0v) is 45.3. The molecule has 0 aromatic rings. The summed E-state index contributed by atoms with van der Waals surface area (Å²) >= 11 is 0. The number of carbonyl (C=O) groups is 4. The number of hydrogen-bond acceptors (Lipinski definition) is 11. The van der Waals surface area contributed by atoms with E-state index >= 15 is 0 Å². The third kappa shape index (κ3) is 38.8. The van der Waals surface area contributed by atoms with Crippen molar-refractivity contribution in [2.75, 3.05) is 13.2 Å². The number of aliphatic hydroxyl groups excluding tert-OH is 2. The molecular weight excluding hydrogens is 925 g/mol. The molecule has 12 nitrogen and oxygen atoms in total. The van der Waals surface area contributed by atoms with Crippen molar-refractivity contribution in [1.82, 2.24) is 0 Å². The highest BCUT2D eigenvalue weighted by molar-refractivity contribution is 5.74. The number of carboxylic acids is 1. The molecule has 1 heterocycles. The molecule has 73 heavy (non-hydrogen) atoms. The van der Waals surface area contributed by atoms with Crippen molar-refractivity contribution in [2.24, 2.45) is 0 Å². The van der Waals surface area contributed by atoms with Gasteiger partial charge in [-0.05, 0) is 77.0 Å². The van der Waals surface area contributed by atoms with E-state index in [1.54, 1.807) is 6.08 Å². The molecule has 1 fully saturated rings. The van der Waals surface area contributed by atoms with Crippen molar-refractivity contribution < 1.29 is 58.2 Å². The Labute approximate surface area is 441 Å². The van der Waals surface area contributed by atoms with Crippen LogP contribution in [-0.4, -0.2) is 89.2 Å². The van der Waals surface area contributed by atoms with Crippen LogP contribution in [0.15, 0.2) is 97.2 Å². The highest BCUT2D eigenvalue weighted by Crippen LogP contribution is 2.26. The Balaban J connectivity index is 2.77. The minimum atomic E-state index is -1.92.